The maximum Gasteiger partial charge on any atom is 0.217 e. The number of benzene rings is 5. The highest BCUT2D eigenvalue weighted by atomic mass is 16.5. The standard InChI is InChI=1S/C52H51N3O2/c1-30(2)33-23-34(48-54-51(9)29-32-16-11-12-17-37(32)38-18-13-14-20-41(38)52(51,10)57-48)25-36(24-33)56-45-28-44-42(22-31(45)3)50(7,8)43-27-35(49(4,5)6)26-40-39-19-15-21-53-47(39)55(44)46(40)43/h11-28,30H,29H2,1-10H3/t51-,52+/m1/s1. The Bertz CT molecular complexity index is 2870. The molecular formula is C52H51N3O2. The van der Waals surface area contributed by atoms with Crippen molar-refractivity contribution in [3.8, 4) is 28.3 Å². The number of aromatic nitrogens is 2. The Kier molecular flexibility index (Phi) is 7.47. The van der Waals surface area contributed by atoms with Crippen molar-refractivity contribution in [3.63, 3.8) is 0 Å². The van der Waals surface area contributed by atoms with Gasteiger partial charge in [0, 0.05) is 46.0 Å². The molecule has 2 atom stereocenters. The summed E-state index contributed by atoms with van der Waals surface area (Å²) in [5.74, 6) is 2.51. The van der Waals surface area contributed by atoms with Crippen LogP contribution >= 0.6 is 0 Å². The summed E-state index contributed by atoms with van der Waals surface area (Å²) in [6.07, 6.45) is 2.68. The summed E-state index contributed by atoms with van der Waals surface area (Å²) < 4.78 is 16.5. The lowest BCUT2D eigenvalue weighted by Crippen LogP contribution is -2.45. The van der Waals surface area contributed by atoms with Gasteiger partial charge < -0.3 is 9.47 Å². The lowest BCUT2D eigenvalue weighted by atomic mass is 9.72. The van der Waals surface area contributed by atoms with Crippen LogP contribution in [0.25, 0.3) is 38.8 Å². The predicted octanol–water partition coefficient (Wildman–Crippen LogP) is 13.0. The van der Waals surface area contributed by atoms with E-state index in [1.165, 1.54) is 55.2 Å². The number of rotatable bonds is 4. The summed E-state index contributed by atoms with van der Waals surface area (Å²) in [6, 6.07) is 37.6. The van der Waals surface area contributed by atoms with Gasteiger partial charge in [-0.1, -0.05) is 103 Å². The van der Waals surface area contributed by atoms with Crippen molar-refractivity contribution < 1.29 is 9.47 Å². The van der Waals surface area contributed by atoms with Gasteiger partial charge in [0.2, 0.25) is 5.90 Å². The van der Waals surface area contributed by atoms with E-state index in [9.17, 15) is 0 Å². The van der Waals surface area contributed by atoms with Gasteiger partial charge in [0.05, 0.1) is 11.2 Å². The molecule has 0 saturated carbocycles. The molecule has 1 aliphatic carbocycles. The summed E-state index contributed by atoms with van der Waals surface area (Å²) in [5.41, 5.74) is 13.9. The van der Waals surface area contributed by atoms with Crippen molar-refractivity contribution in [3.05, 3.63) is 154 Å². The van der Waals surface area contributed by atoms with E-state index in [2.05, 4.69) is 177 Å². The number of nitrogens with zero attached hydrogens (tertiary/aromatic N) is 3. The third kappa shape index (κ3) is 5.13. The molecule has 57 heavy (non-hydrogen) atoms. The van der Waals surface area contributed by atoms with Crippen LogP contribution in [0.1, 0.15) is 113 Å². The Morgan fingerprint density at radius 1 is 0.772 bits per heavy atom. The highest BCUT2D eigenvalue weighted by Gasteiger charge is 2.56. The lowest BCUT2D eigenvalue weighted by molar-refractivity contribution is 0.0320. The molecular weight excluding hydrogens is 699 g/mol. The molecule has 0 unspecified atom stereocenters. The molecule has 0 amide bonds. The third-order valence-corrected chi connectivity index (χ3v) is 13.4. The normalized spacial score (nSPS) is 20.4. The second-order valence-electron chi connectivity index (χ2n) is 18.9. The molecule has 0 radical (unpaired) electrons. The van der Waals surface area contributed by atoms with Crippen LogP contribution in [-0.2, 0) is 27.6 Å². The molecule has 3 aliphatic rings. The SMILES string of the molecule is Cc1cc2c(cc1Oc1cc(C3=N[C@]4(C)Cc5ccccc5-c5ccccc5[C@]4(C)O3)cc(C(C)C)c1)-n1c3ncccc3c3cc(C(C)(C)C)cc(c31)C2(C)C. The van der Waals surface area contributed by atoms with E-state index >= 15 is 0 Å². The smallest absolute Gasteiger partial charge is 0.217 e. The zero-order chi connectivity index (χ0) is 39.8. The first-order chi connectivity index (χ1) is 27.1. The summed E-state index contributed by atoms with van der Waals surface area (Å²) in [4.78, 5) is 10.5. The molecule has 2 aromatic heterocycles. The molecule has 0 spiro atoms. The molecule has 7 aromatic rings. The van der Waals surface area contributed by atoms with Crippen LogP contribution in [0.15, 0.2) is 114 Å². The van der Waals surface area contributed by atoms with Gasteiger partial charge in [-0.25, -0.2) is 9.98 Å². The first kappa shape index (κ1) is 35.7. The van der Waals surface area contributed by atoms with Crippen molar-refractivity contribution in [1.82, 2.24) is 9.55 Å². The number of aliphatic imine (C=N–C) groups is 1. The molecule has 10 rings (SSSR count). The fourth-order valence-electron chi connectivity index (χ4n) is 9.77. The Morgan fingerprint density at radius 3 is 2.30 bits per heavy atom. The van der Waals surface area contributed by atoms with Gasteiger partial charge in [-0.3, -0.25) is 4.57 Å². The minimum Gasteiger partial charge on any atom is -0.464 e. The van der Waals surface area contributed by atoms with E-state index < -0.39 is 11.1 Å². The second-order valence-corrected chi connectivity index (χ2v) is 18.9. The largest absolute Gasteiger partial charge is 0.464 e. The Labute approximate surface area is 336 Å². The van der Waals surface area contributed by atoms with Crippen LogP contribution < -0.4 is 4.74 Å². The summed E-state index contributed by atoms with van der Waals surface area (Å²) in [5, 5.41) is 2.42. The average molecular weight is 750 g/mol. The number of hydrogen-bond donors (Lipinski definition) is 0. The van der Waals surface area contributed by atoms with Gasteiger partial charge in [-0.05, 0) is 119 Å². The van der Waals surface area contributed by atoms with Gasteiger partial charge in [-0.2, -0.15) is 0 Å². The van der Waals surface area contributed by atoms with E-state index in [4.69, 9.17) is 19.5 Å². The van der Waals surface area contributed by atoms with E-state index in [1.807, 2.05) is 6.20 Å². The molecule has 0 saturated heterocycles. The number of hydrogen-bond acceptors (Lipinski definition) is 4. The van der Waals surface area contributed by atoms with Crippen LogP contribution in [0.2, 0.25) is 0 Å². The third-order valence-electron chi connectivity index (χ3n) is 13.4. The first-order valence-corrected chi connectivity index (χ1v) is 20.5. The Hall–Kier alpha value is -5.68. The maximum absolute atomic E-state index is 7.15. The van der Waals surface area contributed by atoms with Gasteiger partial charge in [0.1, 0.15) is 22.7 Å². The molecule has 5 heteroatoms. The minimum absolute atomic E-state index is 0.00638. The lowest BCUT2D eigenvalue weighted by Gasteiger charge is -2.37. The Balaban J connectivity index is 1.10. The molecule has 2 aliphatic heterocycles. The van der Waals surface area contributed by atoms with Gasteiger partial charge in [0.15, 0.2) is 5.60 Å². The van der Waals surface area contributed by atoms with Gasteiger partial charge in [-0.15, -0.1) is 0 Å². The number of fused-ring (bicyclic) bond motifs is 10. The molecule has 4 heterocycles. The highest BCUT2D eigenvalue weighted by molar-refractivity contribution is 6.10. The van der Waals surface area contributed by atoms with E-state index in [0.717, 1.165) is 45.9 Å². The van der Waals surface area contributed by atoms with Crippen molar-refractivity contribution >= 4 is 27.8 Å². The van der Waals surface area contributed by atoms with Gasteiger partial charge in [0.25, 0.3) is 0 Å². The van der Waals surface area contributed by atoms with E-state index in [1.54, 1.807) is 0 Å². The fraction of sp³-hybridized carbons (Fsp3) is 0.308. The van der Waals surface area contributed by atoms with Crippen LogP contribution in [-0.4, -0.2) is 21.0 Å². The molecule has 0 N–H and O–H groups in total. The fourth-order valence-corrected chi connectivity index (χ4v) is 9.77. The summed E-state index contributed by atoms with van der Waals surface area (Å²) >= 11 is 0. The van der Waals surface area contributed by atoms with Crippen molar-refractivity contribution in [2.75, 3.05) is 0 Å². The second kappa shape index (κ2) is 11.9. The summed E-state index contributed by atoms with van der Waals surface area (Å²) in [6.45, 7) is 22.7. The molecule has 0 bridgehead atoms. The number of pyridine rings is 1. The zero-order valence-corrected chi connectivity index (χ0v) is 34.8. The van der Waals surface area contributed by atoms with Crippen LogP contribution in [0.3, 0.4) is 0 Å². The highest BCUT2D eigenvalue weighted by Crippen LogP contribution is 2.54. The monoisotopic (exact) mass is 749 g/mol. The van der Waals surface area contributed by atoms with Crippen LogP contribution in [0.5, 0.6) is 11.5 Å². The number of ether oxygens (including phenoxy) is 2. The van der Waals surface area contributed by atoms with Crippen molar-refractivity contribution in [1.29, 1.82) is 0 Å². The number of aryl methyl sites for hydroxylation is 1. The van der Waals surface area contributed by atoms with Crippen LogP contribution in [0.4, 0.5) is 0 Å². The summed E-state index contributed by atoms with van der Waals surface area (Å²) in [7, 11) is 0. The van der Waals surface area contributed by atoms with Crippen molar-refractivity contribution in [2.24, 2.45) is 4.99 Å². The predicted molar refractivity (Wildman–Crippen MR) is 234 cm³/mol. The molecule has 286 valence electrons. The Morgan fingerprint density at radius 2 is 1.53 bits per heavy atom. The van der Waals surface area contributed by atoms with E-state index in [-0.39, 0.29) is 16.7 Å². The molecule has 0 fully saturated rings. The van der Waals surface area contributed by atoms with E-state index in [0.29, 0.717) is 5.90 Å². The zero-order valence-electron chi connectivity index (χ0n) is 34.8. The first-order valence-electron chi connectivity index (χ1n) is 20.5. The van der Waals surface area contributed by atoms with Crippen molar-refractivity contribution in [2.45, 2.75) is 104 Å². The minimum atomic E-state index is -0.669. The average Bonchev–Trinajstić information content (AvgIpc) is 3.63. The quantitative estimate of drug-likeness (QED) is 0.180. The topological polar surface area (TPSA) is 48.6 Å². The molecule has 5 nitrogen and oxygen atoms in total. The van der Waals surface area contributed by atoms with Gasteiger partial charge >= 0.3 is 0 Å². The van der Waals surface area contributed by atoms with Crippen LogP contribution in [0, 0.1) is 6.92 Å². The molecule has 5 aromatic carbocycles. The maximum atomic E-state index is 7.15.